The molecule has 8 heteroatoms. The van der Waals surface area contributed by atoms with Gasteiger partial charge in [-0.2, -0.15) is 0 Å². The summed E-state index contributed by atoms with van der Waals surface area (Å²) in [5, 5.41) is 2.06. The van der Waals surface area contributed by atoms with E-state index in [4.69, 9.17) is 16.0 Å². The maximum atomic E-state index is 12.3. The van der Waals surface area contributed by atoms with Crippen LogP contribution < -0.4 is 4.72 Å². The van der Waals surface area contributed by atoms with Crippen LogP contribution in [-0.4, -0.2) is 18.4 Å². The van der Waals surface area contributed by atoms with Gasteiger partial charge in [0.15, 0.2) is 5.82 Å². The molecule has 0 bridgehead atoms. The van der Waals surface area contributed by atoms with Crippen LogP contribution in [0.4, 0.5) is 5.82 Å². The molecule has 0 saturated carbocycles. The lowest BCUT2D eigenvalue weighted by molar-refractivity contribution is 0.564. The van der Waals surface area contributed by atoms with E-state index in [1.807, 2.05) is 6.92 Å². The molecule has 0 spiro atoms. The minimum absolute atomic E-state index is 0.179. The van der Waals surface area contributed by atoms with E-state index in [9.17, 15) is 8.42 Å². The summed E-state index contributed by atoms with van der Waals surface area (Å²) in [6, 6.07) is 6.96. The normalized spacial score (nSPS) is 12.1. The Morgan fingerprint density at radius 3 is 2.71 bits per heavy atom. The van der Waals surface area contributed by atoms with Crippen LogP contribution in [0.2, 0.25) is 5.02 Å². The molecule has 0 saturated heterocycles. The largest absolute Gasteiger partial charge is 0.443 e. The molecule has 2 aromatic heterocycles. The van der Waals surface area contributed by atoms with Crippen LogP contribution in [0.15, 0.2) is 40.4 Å². The van der Waals surface area contributed by atoms with Gasteiger partial charge in [0, 0.05) is 10.6 Å². The maximum Gasteiger partial charge on any atom is 0.256 e. The Morgan fingerprint density at radius 2 is 1.96 bits per heavy atom. The SMILES string of the molecule is Cc1oc2ncnc(NS(=O)(=O)C=Cc3ccccc3Cl)c2c1C. The Kier molecular flexibility index (Phi) is 4.29. The summed E-state index contributed by atoms with van der Waals surface area (Å²) in [6.07, 6.45) is 2.68. The summed E-state index contributed by atoms with van der Waals surface area (Å²) in [6.45, 7) is 3.61. The fourth-order valence-corrected chi connectivity index (χ4v) is 3.22. The van der Waals surface area contributed by atoms with Crippen molar-refractivity contribution in [1.29, 1.82) is 0 Å². The lowest BCUT2D eigenvalue weighted by atomic mass is 10.2. The van der Waals surface area contributed by atoms with Crippen molar-refractivity contribution in [2.45, 2.75) is 13.8 Å². The summed E-state index contributed by atoms with van der Waals surface area (Å²) in [7, 11) is -3.77. The predicted octanol–water partition coefficient (Wildman–Crippen LogP) is 3.91. The van der Waals surface area contributed by atoms with Gasteiger partial charge in [-0.15, -0.1) is 0 Å². The minimum Gasteiger partial charge on any atom is -0.443 e. The molecule has 1 N–H and O–H groups in total. The van der Waals surface area contributed by atoms with Gasteiger partial charge in [-0.25, -0.2) is 18.4 Å². The molecule has 124 valence electrons. The molecule has 3 aromatic rings. The van der Waals surface area contributed by atoms with E-state index in [-0.39, 0.29) is 5.82 Å². The molecule has 0 aliphatic rings. The Labute approximate surface area is 144 Å². The number of benzene rings is 1. The Hall–Kier alpha value is -2.38. The van der Waals surface area contributed by atoms with E-state index in [1.165, 1.54) is 12.4 Å². The van der Waals surface area contributed by atoms with Gasteiger partial charge in [0.2, 0.25) is 5.71 Å². The first-order valence-electron chi connectivity index (χ1n) is 7.03. The van der Waals surface area contributed by atoms with Gasteiger partial charge >= 0.3 is 0 Å². The number of anilines is 1. The summed E-state index contributed by atoms with van der Waals surface area (Å²) in [4.78, 5) is 8.03. The third kappa shape index (κ3) is 3.27. The molecule has 0 fully saturated rings. The molecule has 0 unspecified atom stereocenters. The number of aromatic nitrogens is 2. The van der Waals surface area contributed by atoms with Crippen molar-refractivity contribution in [1.82, 2.24) is 9.97 Å². The topological polar surface area (TPSA) is 85.1 Å². The second-order valence-electron chi connectivity index (χ2n) is 5.16. The number of aryl methyl sites for hydroxylation is 2. The fourth-order valence-electron chi connectivity index (χ4n) is 2.20. The minimum atomic E-state index is -3.77. The highest BCUT2D eigenvalue weighted by Gasteiger charge is 2.16. The average molecular weight is 364 g/mol. The van der Waals surface area contributed by atoms with Crippen molar-refractivity contribution < 1.29 is 12.8 Å². The molecule has 0 radical (unpaired) electrons. The molecule has 24 heavy (non-hydrogen) atoms. The number of nitrogens with one attached hydrogen (secondary N) is 1. The van der Waals surface area contributed by atoms with Gasteiger partial charge in [-0.3, -0.25) is 4.72 Å². The van der Waals surface area contributed by atoms with Crippen molar-refractivity contribution >= 4 is 44.6 Å². The lowest BCUT2D eigenvalue weighted by Crippen LogP contribution is -2.10. The molecule has 6 nitrogen and oxygen atoms in total. The highest BCUT2D eigenvalue weighted by Crippen LogP contribution is 2.28. The molecule has 0 atom stereocenters. The lowest BCUT2D eigenvalue weighted by Gasteiger charge is -2.05. The van der Waals surface area contributed by atoms with Crippen LogP contribution in [0.1, 0.15) is 16.9 Å². The second-order valence-corrected chi connectivity index (χ2v) is 7.13. The van der Waals surface area contributed by atoms with E-state index in [0.29, 0.717) is 27.4 Å². The van der Waals surface area contributed by atoms with E-state index in [1.54, 1.807) is 31.2 Å². The summed E-state index contributed by atoms with van der Waals surface area (Å²) >= 11 is 6.02. The number of hydrogen-bond acceptors (Lipinski definition) is 5. The van der Waals surface area contributed by atoms with Crippen molar-refractivity contribution in [3.8, 4) is 0 Å². The third-order valence-electron chi connectivity index (χ3n) is 3.54. The number of hydrogen-bond donors (Lipinski definition) is 1. The van der Waals surface area contributed by atoms with Crippen LogP contribution in [0.25, 0.3) is 17.2 Å². The summed E-state index contributed by atoms with van der Waals surface area (Å²) < 4.78 is 32.5. The standard InChI is InChI=1S/C16H14ClN3O3S/c1-10-11(2)23-16-14(10)15(18-9-19-16)20-24(21,22)8-7-12-5-3-4-6-13(12)17/h3-9H,1-2H3,(H,18,19,20). The average Bonchev–Trinajstić information content (AvgIpc) is 2.82. The van der Waals surface area contributed by atoms with E-state index in [0.717, 1.165) is 11.0 Å². The monoisotopic (exact) mass is 363 g/mol. The van der Waals surface area contributed by atoms with Crippen molar-refractivity contribution in [2.75, 3.05) is 4.72 Å². The molecular weight excluding hydrogens is 350 g/mol. The molecule has 1 aromatic carbocycles. The quantitative estimate of drug-likeness (QED) is 0.759. The zero-order valence-corrected chi connectivity index (χ0v) is 14.5. The van der Waals surface area contributed by atoms with Crippen LogP contribution >= 0.6 is 11.6 Å². The Bertz CT molecular complexity index is 1040. The number of furan rings is 1. The molecule has 0 aliphatic heterocycles. The van der Waals surface area contributed by atoms with E-state index in [2.05, 4.69) is 14.7 Å². The number of nitrogens with zero attached hydrogens (tertiary/aromatic N) is 2. The molecule has 0 amide bonds. The predicted molar refractivity (Wildman–Crippen MR) is 94.3 cm³/mol. The van der Waals surface area contributed by atoms with Crippen LogP contribution in [0, 0.1) is 13.8 Å². The highest BCUT2D eigenvalue weighted by atomic mass is 35.5. The number of halogens is 1. The third-order valence-corrected chi connectivity index (χ3v) is 4.85. The van der Waals surface area contributed by atoms with Crippen LogP contribution in [-0.2, 0) is 10.0 Å². The molecule has 3 rings (SSSR count). The van der Waals surface area contributed by atoms with Gasteiger partial charge in [0.05, 0.1) is 10.8 Å². The van der Waals surface area contributed by atoms with Gasteiger partial charge in [-0.1, -0.05) is 29.8 Å². The van der Waals surface area contributed by atoms with Gasteiger partial charge < -0.3 is 4.42 Å². The molecular formula is C16H14ClN3O3S. The first-order chi connectivity index (χ1) is 11.4. The maximum absolute atomic E-state index is 12.3. The van der Waals surface area contributed by atoms with Gasteiger partial charge in [0.25, 0.3) is 10.0 Å². The van der Waals surface area contributed by atoms with Crippen LogP contribution in [0.3, 0.4) is 0 Å². The number of rotatable bonds is 4. The number of fused-ring (bicyclic) bond motifs is 1. The fraction of sp³-hybridized carbons (Fsp3) is 0.125. The van der Waals surface area contributed by atoms with E-state index >= 15 is 0 Å². The highest BCUT2D eigenvalue weighted by molar-refractivity contribution is 7.95. The smallest absolute Gasteiger partial charge is 0.256 e. The summed E-state index contributed by atoms with van der Waals surface area (Å²) in [5.41, 5.74) is 1.74. The van der Waals surface area contributed by atoms with Crippen molar-refractivity contribution in [2.24, 2.45) is 0 Å². The zero-order valence-electron chi connectivity index (χ0n) is 12.9. The first-order valence-corrected chi connectivity index (χ1v) is 8.96. The first kappa shape index (κ1) is 16.5. The number of sulfonamides is 1. The van der Waals surface area contributed by atoms with Crippen molar-refractivity contribution in [3.63, 3.8) is 0 Å². The van der Waals surface area contributed by atoms with Crippen LogP contribution in [0.5, 0.6) is 0 Å². The summed E-state index contributed by atoms with van der Waals surface area (Å²) in [5.74, 6) is 0.843. The Morgan fingerprint density at radius 1 is 1.21 bits per heavy atom. The van der Waals surface area contributed by atoms with E-state index < -0.39 is 10.0 Å². The zero-order chi connectivity index (χ0) is 17.3. The van der Waals surface area contributed by atoms with Crippen molar-refractivity contribution in [3.05, 3.63) is 57.9 Å². The Balaban J connectivity index is 1.94. The molecule has 2 heterocycles. The molecule has 0 aliphatic carbocycles. The van der Waals surface area contributed by atoms with Gasteiger partial charge in [-0.05, 0) is 31.6 Å². The van der Waals surface area contributed by atoms with Gasteiger partial charge in [0.1, 0.15) is 12.1 Å². The second kappa shape index (κ2) is 6.26.